The molecule has 0 aliphatic carbocycles. The number of nitrogens with two attached hydrogens (primary N) is 4. The van der Waals surface area contributed by atoms with Gasteiger partial charge in [-0.1, -0.05) is 18.2 Å². The molecule has 0 bridgehead atoms. The van der Waals surface area contributed by atoms with E-state index in [0.29, 0.717) is 29.9 Å². The maximum Gasteiger partial charge on any atom is 0.416 e. The number of carbonyl (C=O) groups is 1. The van der Waals surface area contributed by atoms with Gasteiger partial charge >= 0.3 is 12.2 Å². The predicted octanol–water partition coefficient (Wildman–Crippen LogP) is 3.55. The number of benzene rings is 2. The summed E-state index contributed by atoms with van der Waals surface area (Å²) in [6, 6.07) is 11.2. The molecule has 10 nitrogen and oxygen atoms in total. The number of carbonyl (C=O) groups excluding carboxylic acids is 1. The van der Waals surface area contributed by atoms with Crippen LogP contribution in [-0.4, -0.2) is 46.7 Å². The highest BCUT2D eigenvalue weighted by atomic mass is 19.4. The molecule has 10 N–H and O–H groups in total. The predicted molar refractivity (Wildman–Crippen MR) is 139 cm³/mol. The summed E-state index contributed by atoms with van der Waals surface area (Å²) in [6.07, 6.45) is -1.25. The molecule has 2 heterocycles. The van der Waals surface area contributed by atoms with Gasteiger partial charge in [0.15, 0.2) is 0 Å². The first-order valence-electron chi connectivity index (χ1n) is 11.2. The van der Waals surface area contributed by atoms with Crippen molar-refractivity contribution >= 4 is 34.8 Å². The molecule has 1 aliphatic rings. The molecule has 0 spiro atoms. The number of alkyl halides is 3. The Labute approximate surface area is 212 Å². The van der Waals surface area contributed by atoms with Crippen molar-refractivity contribution in [2.45, 2.75) is 19.0 Å². The second-order valence-corrected chi connectivity index (χ2v) is 7.72. The number of hydrogen-bond acceptors (Lipinski definition) is 8. The van der Waals surface area contributed by atoms with Gasteiger partial charge in [0.2, 0.25) is 0 Å². The zero-order valence-electron chi connectivity index (χ0n) is 20.2. The first kappa shape index (κ1) is 28.8. The molecule has 0 unspecified atom stereocenters. The average molecular weight is 518 g/mol. The molecule has 2 amide bonds. The summed E-state index contributed by atoms with van der Waals surface area (Å²) in [7, 11) is 1.50. The summed E-state index contributed by atoms with van der Waals surface area (Å²) in [6.45, 7) is 1.32. The molecule has 1 aromatic heterocycles. The van der Waals surface area contributed by atoms with Gasteiger partial charge in [-0.3, -0.25) is 5.41 Å². The van der Waals surface area contributed by atoms with Gasteiger partial charge in [0.1, 0.15) is 18.0 Å². The Bertz CT molecular complexity index is 1170. The van der Waals surface area contributed by atoms with Crippen molar-refractivity contribution in [2.24, 2.45) is 5.73 Å². The second-order valence-electron chi connectivity index (χ2n) is 7.72. The Kier molecular flexibility index (Phi) is 10.2. The molecule has 37 heavy (non-hydrogen) atoms. The van der Waals surface area contributed by atoms with Gasteiger partial charge in [0.25, 0.3) is 0 Å². The van der Waals surface area contributed by atoms with E-state index >= 15 is 0 Å². The van der Waals surface area contributed by atoms with Crippen LogP contribution in [0.25, 0.3) is 0 Å². The number of likely N-dealkylation sites (tertiary alicyclic amines) is 1. The number of halogens is 3. The lowest BCUT2D eigenvalue weighted by molar-refractivity contribution is -0.137. The van der Waals surface area contributed by atoms with Crippen LogP contribution in [0.1, 0.15) is 29.5 Å². The smallest absolute Gasteiger partial charge is 0.399 e. The minimum Gasteiger partial charge on any atom is -0.399 e. The number of anilines is 4. The van der Waals surface area contributed by atoms with Crippen LogP contribution in [0, 0.1) is 5.41 Å². The summed E-state index contributed by atoms with van der Waals surface area (Å²) in [5, 5.41) is 10.5. The SMILES string of the molecule is CN.N=C(c1ccc(N)cc1)c1c(N)ncnc1N.O=C(Nc1cccc(C(F)(F)F)c1)N1CCCC1. The normalized spacial score (nSPS) is 12.5. The molecular formula is C24H30F3N9O. The van der Waals surface area contributed by atoms with E-state index in [-0.39, 0.29) is 29.1 Å². The number of rotatable bonds is 3. The van der Waals surface area contributed by atoms with Crippen molar-refractivity contribution < 1.29 is 18.0 Å². The number of nitrogen functional groups attached to an aromatic ring is 3. The van der Waals surface area contributed by atoms with Crippen LogP contribution in [0.15, 0.2) is 54.9 Å². The summed E-state index contributed by atoms with van der Waals surface area (Å²) in [5.41, 5.74) is 22.7. The van der Waals surface area contributed by atoms with E-state index in [9.17, 15) is 18.0 Å². The summed E-state index contributed by atoms with van der Waals surface area (Å²) < 4.78 is 37.4. The van der Waals surface area contributed by atoms with Crippen LogP contribution in [0.2, 0.25) is 0 Å². The van der Waals surface area contributed by atoms with Crippen molar-refractivity contribution in [1.82, 2.24) is 14.9 Å². The van der Waals surface area contributed by atoms with E-state index in [4.69, 9.17) is 22.6 Å². The van der Waals surface area contributed by atoms with E-state index in [1.54, 1.807) is 29.2 Å². The van der Waals surface area contributed by atoms with E-state index < -0.39 is 11.7 Å². The van der Waals surface area contributed by atoms with Gasteiger partial charge < -0.3 is 33.2 Å². The molecular weight excluding hydrogens is 487 g/mol. The third kappa shape index (κ3) is 8.07. The molecule has 2 aromatic carbocycles. The molecule has 3 aromatic rings. The topological polar surface area (TPSA) is 186 Å². The maximum atomic E-state index is 12.5. The fourth-order valence-electron chi connectivity index (χ4n) is 3.36. The van der Waals surface area contributed by atoms with Crippen LogP contribution in [0.5, 0.6) is 0 Å². The number of aromatic nitrogens is 2. The lowest BCUT2D eigenvalue weighted by Crippen LogP contribution is -2.32. The van der Waals surface area contributed by atoms with Crippen LogP contribution in [-0.2, 0) is 6.18 Å². The number of urea groups is 1. The van der Waals surface area contributed by atoms with Gasteiger partial charge in [-0.05, 0) is 50.2 Å². The third-order valence-electron chi connectivity index (χ3n) is 5.19. The van der Waals surface area contributed by atoms with Gasteiger partial charge in [-0.25, -0.2) is 14.8 Å². The van der Waals surface area contributed by atoms with Crippen molar-refractivity contribution in [3.8, 4) is 0 Å². The van der Waals surface area contributed by atoms with E-state index in [1.807, 2.05) is 0 Å². The van der Waals surface area contributed by atoms with E-state index in [2.05, 4.69) is 21.0 Å². The molecule has 0 atom stereocenters. The summed E-state index contributed by atoms with van der Waals surface area (Å²) in [5.74, 6) is 0.388. The van der Waals surface area contributed by atoms with Crippen molar-refractivity contribution in [3.05, 3.63) is 71.5 Å². The summed E-state index contributed by atoms with van der Waals surface area (Å²) in [4.78, 5) is 21.0. The highest BCUT2D eigenvalue weighted by Gasteiger charge is 2.30. The van der Waals surface area contributed by atoms with Gasteiger partial charge in [-0.15, -0.1) is 0 Å². The monoisotopic (exact) mass is 517 g/mol. The Balaban J connectivity index is 0.000000244. The van der Waals surface area contributed by atoms with Crippen LogP contribution < -0.4 is 28.3 Å². The molecule has 0 radical (unpaired) electrons. The molecule has 1 fully saturated rings. The maximum absolute atomic E-state index is 12.5. The second kappa shape index (κ2) is 13.1. The third-order valence-corrected chi connectivity index (χ3v) is 5.19. The molecule has 198 valence electrons. The van der Waals surface area contributed by atoms with Crippen LogP contribution in [0.3, 0.4) is 0 Å². The highest BCUT2D eigenvalue weighted by Crippen LogP contribution is 2.30. The Morgan fingerprint density at radius 3 is 2.08 bits per heavy atom. The first-order valence-corrected chi connectivity index (χ1v) is 11.2. The number of nitrogens with zero attached hydrogens (tertiary/aromatic N) is 3. The molecule has 4 rings (SSSR count). The quantitative estimate of drug-likeness (QED) is 0.226. The Hall–Kier alpha value is -4.39. The van der Waals surface area contributed by atoms with Crippen molar-refractivity contribution in [1.29, 1.82) is 5.41 Å². The van der Waals surface area contributed by atoms with E-state index in [1.165, 1.54) is 25.5 Å². The number of hydrogen-bond donors (Lipinski definition) is 6. The van der Waals surface area contributed by atoms with Crippen LogP contribution in [0.4, 0.5) is 41.0 Å². The van der Waals surface area contributed by atoms with E-state index in [0.717, 1.165) is 25.0 Å². The fourth-order valence-corrected chi connectivity index (χ4v) is 3.36. The summed E-state index contributed by atoms with van der Waals surface area (Å²) >= 11 is 0. The molecule has 13 heteroatoms. The van der Waals surface area contributed by atoms with Crippen molar-refractivity contribution in [3.63, 3.8) is 0 Å². The zero-order valence-corrected chi connectivity index (χ0v) is 20.2. The van der Waals surface area contributed by atoms with Gasteiger partial charge in [-0.2, -0.15) is 13.2 Å². The molecule has 0 saturated carbocycles. The Morgan fingerprint density at radius 2 is 1.54 bits per heavy atom. The highest BCUT2D eigenvalue weighted by molar-refractivity contribution is 6.16. The number of amides is 2. The Morgan fingerprint density at radius 1 is 0.973 bits per heavy atom. The van der Waals surface area contributed by atoms with Crippen LogP contribution >= 0.6 is 0 Å². The number of nitrogens with one attached hydrogen (secondary N) is 2. The van der Waals surface area contributed by atoms with Gasteiger partial charge in [0.05, 0.1) is 16.8 Å². The minimum atomic E-state index is -4.39. The largest absolute Gasteiger partial charge is 0.416 e. The minimum absolute atomic E-state index is 0.168. The van der Waals surface area contributed by atoms with Crippen molar-refractivity contribution in [2.75, 3.05) is 42.7 Å². The fraction of sp³-hybridized carbons (Fsp3) is 0.250. The lowest BCUT2D eigenvalue weighted by atomic mass is 10.0. The lowest BCUT2D eigenvalue weighted by Gasteiger charge is -2.16. The molecule has 1 saturated heterocycles. The first-order chi connectivity index (χ1) is 17.6. The standard InChI is InChI=1S/C12H13F3N2O.C11H12N6.CH5N/c13-12(14,15)9-4-3-5-10(8-9)16-11(18)17-6-1-2-7-17;12-7-3-1-6(2-4-7)9(13)8-10(14)16-5-17-11(8)15;1-2/h3-5,8H,1-2,6-7H2,(H,16,18);1-5,13H,12H2,(H4,14,15,16,17);2H2,1H3. The zero-order chi connectivity index (χ0) is 27.6. The van der Waals surface area contributed by atoms with Gasteiger partial charge in [0, 0.05) is 30.0 Å². The molecule has 1 aliphatic heterocycles. The average Bonchev–Trinajstić information content (AvgIpc) is 3.41.